The summed E-state index contributed by atoms with van der Waals surface area (Å²) in [6, 6.07) is 0. The third-order valence-electron chi connectivity index (χ3n) is 1.30. The Bertz CT molecular complexity index is 101. The molecule has 0 spiro atoms. The summed E-state index contributed by atoms with van der Waals surface area (Å²) < 4.78 is 9.36. The lowest BCUT2D eigenvalue weighted by molar-refractivity contribution is -0.152. The molecule has 0 N–H and O–H groups in total. The second-order valence-corrected chi connectivity index (χ2v) is 2.04. The van der Waals surface area contributed by atoms with Gasteiger partial charge in [-0.3, -0.25) is 0 Å². The topological polar surface area (TPSA) is 35.5 Å². The zero-order valence-corrected chi connectivity index (χ0v) is 6.72. The van der Waals surface area contributed by atoms with Crippen molar-refractivity contribution in [2.75, 3.05) is 14.2 Å². The van der Waals surface area contributed by atoms with Crippen LogP contribution in [0.15, 0.2) is 0 Å². The van der Waals surface area contributed by atoms with Crippen molar-refractivity contribution < 1.29 is 14.3 Å². The van der Waals surface area contributed by atoms with Gasteiger partial charge in [-0.05, 0) is 6.42 Å². The fourth-order valence-electron chi connectivity index (χ4n) is 0.726. The molecule has 0 aliphatic heterocycles. The van der Waals surface area contributed by atoms with Crippen molar-refractivity contribution in [1.29, 1.82) is 0 Å². The van der Waals surface area contributed by atoms with Gasteiger partial charge in [-0.25, -0.2) is 4.79 Å². The number of hydrogen-bond acceptors (Lipinski definition) is 3. The van der Waals surface area contributed by atoms with E-state index in [1.54, 1.807) is 0 Å². The third kappa shape index (κ3) is 2.82. The van der Waals surface area contributed by atoms with Crippen LogP contribution in [0.25, 0.3) is 0 Å². The zero-order valence-electron chi connectivity index (χ0n) is 6.72. The fourth-order valence-corrected chi connectivity index (χ4v) is 0.726. The van der Waals surface area contributed by atoms with Gasteiger partial charge in [-0.2, -0.15) is 0 Å². The second kappa shape index (κ2) is 5.23. The summed E-state index contributed by atoms with van der Waals surface area (Å²) in [6.45, 7) is 2.00. The van der Waals surface area contributed by atoms with Gasteiger partial charge in [0.15, 0.2) is 6.10 Å². The Morgan fingerprint density at radius 1 is 1.50 bits per heavy atom. The molecule has 0 rings (SSSR count). The first-order valence-electron chi connectivity index (χ1n) is 3.36. The van der Waals surface area contributed by atoms with Crippen molar-refractivity contribution in [3.63, 3.8) is 0 Å². The van der Waals surface area contributed by atoms with Crippen LogP contribution >= 0.6 is 0 Å². The van der Waals surface area contributed by atoms with Crippen molar-refractivity contribution in [3.8, 4) is 0 Å². The zero-order chi connectivity index (χ0) is 7.98. The molecule has 0 aromatic rings. The highest BCUT2D eigenvalue weighted by molar-refractivity contribution is 5.74. The van der Waals surface area contributed by atoms with Gasteiger partial charge >= 0.3 is 5.97 Å². The maximum absolute atomic E-state index is 10.8. The Hall–Kier alpha value is -0.570. The molecule has 0 saturated carbocycles. The van der Waals surface area contributed by atoms with E-state index in [0.29, 0.717) is 0 Å². The molecule has 0 amide bonds. The van der Waals surface area contributed by atoms with Gasteiger partial charge in [-0.15, -0.1) is 0 Å². The van der Waals surface area contributed by atoms with E-state index in [0.717, 1.165) is 12.8 Å². The van der Waals surface area contributed by atoms with Crippen LogP contribution in [0.5, 0.6) is 0 Å². The van der Waals surface area contributed by atoms with Crippen LogP contribution in [0.1, 0.15) is 19.8 Å². The van der Waals surface area contributed by atoms with Crippen molar-refractivity contribution >= 4 is 5.97 Å². The SMILES string of the molecule is CCC[C@@H](OC)C(=O)OC. The molecule has 0 aromatic heterocycles. The number of hydrogen-bond donors (Lipinski definition) is 0. The van der Waals surface area contributed by atoms with Crippen LogP contribution in [0.4, 0.5) is 0 Å². The molecule has 1 atom stereocenters. The number of ether oxygens (including phenoxy) is 2. The molecule has 0 radical (unpaired) electrons. The van der Waals surface area contributed by atoms with Crippen molar-refractivity contribution in [1.82, 2.24) is 0 Å². The largest absolute Gasteiger partial charge is 0.467 e. The number of rotatable bonds is 4. The van der Waals surface area contributed by atoms with Crippen LogP contribution in [0.2, 0.25) is 0 Å². The van der Waals surface area contributed by atoms with Crippen LogP contribution in [-0.4, -0.2) is 26.3 Å². The van der Waals surface area contributed by atoms with Crippen molar-refractivity contribution in [2.45, 2.75) is 25.9 Å². The molecular weight excluding hydrogens is 132 g/mol. The molecule has 3 heteroatoms. The van der Waals surface area contributed by atoms with Gasteiger partial charge in [0.25, 0.3) is 0 Å². The Morgan fingerprint density at radius 3 is 2.40 bits per heavy atom. The number of carbonyl (C=O) groups is 1. The number of esters is 1. The fraction of sp³-hybridized carbons (Fsp3) is 0.857. The Balaban J connectivity index is 3.68. The Labute approximate surface area is 61.3 Å². The molecule has 0 unspecified atom stereocenters. The monoisotopic (exact) mass is 146 g/mol. The van der Waals surface area contributed by atoms with E-state index in [1.807, 2.05) is 6.92 Å². The van der Waals surface area contributed by atoms with Crippen molar-refractivity contribution in [3.05, 3.63) is 0 Å². The number of methoxy groups -OCH3 is 2. The van der Waals surface area contributed by atoms with Crippen LogP contribution in [0, 0.1) is 0 Å². The summed E-state index contributed by atoms with van der Waals surface area (Å²) >= 11 is 0. The van der Waals surface area contributed by atoms with E-state index in [9.17, 15) is 4.79 Å². The van der Waals surface area contributed by atoms with Gasteiger partial charge in [-0.1, -0.05) is 13.3 Å². The minimum Gasteiger partial charge on any atom is -0.467 e. The van der Waals surface area contributed by atoms with E-state index >= 15 is 0 Å². The van der Waals surface area contributed by atoms with E-state index < -0.39 is 0 Å². The summed E-state index contributed by atoms with van der Waals surface area (Å²) in [5.41, 5.74) is 0. The lowest BCUT2D eigenvalue weighted by Crippen LogP contribution is -2.23. The summed E-state index contributed by atoms with van der Waals surface area (Å²) in [7, 11) is 2.88. The predicted molar refractivity (Wildman–Crippen MR) is 37.7 cm³/mol. The maximum atomic E-state index is 10.8. The summed E-state index contributed by atoms with van der Waals surface area (Å²) in [6.07, 6.45) is 1.27. The molecular formula is C7H14O3. The van der Waals surface area contributed by atoms with E-state index in [4.69, 9.17) is 4.74 Å². The Morgan fingerprint density at radius 2 is 2.10 bits per heavy atom. The van der Waals surface area contributed by atoms with E-state index in [2.05, 4.69) is 4.74 Å². The van der Waals surface area contributed by atoms with Gasteiger partial charge in [0, 0.05) is 7.11 Å². The molecule has 0 aliphatic rings. The van der Waals surface area contributed by atoms with Gasteiger partial charge < -0.3 is 9.47 Å². The molecule has 0 aromatic carbocycles. The first-order chi connectivity index (χ1) is 4.76. The molecule has 10 heavy (non-hydrogen) atoms. The first kappa shape index (κ1) is 9.43. The molecule has 0 bridgehead atoms. The second-order valence-electron chi connectivity index (χ2n) is 2.04. The summed E-state index contributed by atoms with van der Waals surface area (Å²) in [5, 5.41) is 0. The van der Waals surface area contributed by atoms with Gasteiger partial charge in [0.2, 0.25) is 0 Å². The standard InChI is InChI=1S/C7H14O3/c1-4-5-6(9-2)7(8)10-3/h6H,4-5H2,1-3H3/t6-/m1/s1. The lowest BCUT2D eigenvalue weighted by atomic mass is 10.2. The number of carbonyl (C=O) groups excluding carboxylic acids is 1. The molecule has 60 valence electrons. The average molecular weight is 146 g/mol. The predicted octanol–water partition coefficient (Wildman–Crippen LogP) is 0.975. The molecule has 0 heterocycles. The van der Waals surface area contributed by atoms with Gasteiger partial charge in [0.1, 0.15) is 0 Å². The van der Waals surface area contributed by atoms with Gasteiger partial charge in [0.05, 0.1) is 7.11 Å². The highest BCUT2D eigenvalue weighted by Crippen LogP contribution is 2.01. The molecule has 0 saturated heterocycles. The Kier molecular flexibility index (Phi) is 4.94. The highest BCUT2D eigenvalue weighted by atomic mass is 16.6. The highest BCUT2D eigenvalue weighted by Gasteiger charge is 2.15. The van der Waals surface area contributed by atoms with Crippen LogP contribution < -0.4 is 0 Å². The smallest absolute Gasteiger partial charge is 0.334 e. The van der Waals surface area contributed by atoms with E-state index in [1.165, 1.54) is 14.2 Å². The van der Waals surface area contributed by atoms with Crippen molar-refractivity contribution in [2.24, 2.45) is 0 Å². The molecule has 3 nitrogen and oxygen atoms in total. The van der Waals surface area contributed by atoms with Crippen LogP contribution in [0.3, 0.4) is 0 Å². The lowest BCUT2D eigenvalue weighted by Gasteiger charge is -2.10. The quantitative estimate of drug-likeness (QED) is 0.554. The average Bonchev–Trinajstić information content (AvgIpc) is 1.99. The minimum atomic E-state index is -0.380. The van der Waals surface area contributed by atoms with Crippen LogP contribution in [-0.2, 0) is 14.3 Å². The molecule has 0 fully saturated rings. The van der Waals surface area contributed by atoms with E-state index in [-0.39, 0.29) is 12.1 Å². The molecule has 0 aliphatic carbocycles. The first-order valence-corrected chi connectivity index (χ1v) is 3.36. The normalized spacial score (nSPS) is 12.7. The summed E-state index contributed by atoms with van der Waals surface area (Å²) in [5.74, 6) is -0.288. The minimum absolute atomic E-state index is 0.288. The summed E-state index contributed by atoms with van der Waals surface area (Å²) in [4.78, 5) is 10.8. The maximum Gasteiger partial charge on any atom is 0.334 e. The third-order valence-corrected chi connectivity index (χ3v) is 1.30.